The lowest BCUT2D eigenvalue weighted by Gasteiger charge is -2.35. The number of ether oxygens (including phenoxy) is 3. The van der Waals surface area contributed by atoms with Gasteiger partial charge in [0.05, 0.1) is 24.7 Å². The Hall–Kier alpha value is -1.19. The zero-order valence-corrected chi connectivity index (χ0v) is 16.8. The highest BCUT2D eigenvalue weighted by Gasteiger charge is 2.33. The van der Waals surface area contributed by atoms with Crippen LogP contribution >= 0.6 is 0 Å². The molecule has 0 N–H and O–H groups in total. The minimum Gasteiger partial charge on any atom is -0.494 e. The first-order chi connectivity index (χ1) is 13.1. The Bertz CT molecular complexity index is 668. The minimum atomic E-state index is -3.57. The molecule has 0 radical (unpaired) electrons. The zero-order valence-electron chi connectivity index (χ0n) is 16.0. The molecule has 2 heterocycles. The molecule has 2 aliphatic rings. The third-order valence-corrected chi connectivity index (χ3v) is 7.05. The van der Waals surface area contributed by atoms with Crippen molar-refractivity contribution < 1.29 is 22.6 Å². The number of sulfonamides is 1. The quantitative estimate of drug-likeness (QED) is 0.662. The second-order valence-corrected chi connectivity index (χ2v) is 8.71. The summed E-state index contributed by atoms with van der Waals surface area (Å²) in [6, 6.07) is 6.71. The lowest BCUT2D eigenvalue weighted by molar-refractivity contribution is 0.0291. The van der Waals surface area contributed by atoms with Gasteiger partial charge in [-0.15, -0.1) is 0 Å². The Labute approximate surface area is 162 Å². The molecule has 0 aliphatic carbocycles. The molecule has 0 spiro atoms. The molecule has 2 aliphatic heterocycles. The number of morpholine rings is 1. The number of benzene rings is 1. The van der Waals surface area contributed by atoms with Crippen molar-refractivity contribution in [3.63, 3.8) is 0 Å². The van der Waals surface area contributed by atoms with E-state index in [2.05, 4.69) is 4.90 Å². The van der Waals surface area contributed by atoms with Crippen LogP contribution in [0.15, 0.2) is 29.2 Å². The van der Waals surface area contributed by atoms with Crippen LogP contribution in [0.2, 0.25) is 0 Å². The summed E-state index contributed by atoms with van der Waals surface area (Å²) >= 11 is 0. The molecule has 27 heavy (non-hydrogen) atoms. The second-order valence-electron chi connectivity index (χ2n) is 6.82. The molecular weight excluding hydrogens is 368 g/mol. The van der Waals surface area contributed by atoms with Crippen molar-refractivity contribution in [2.24, 2.45) is 0 Å². The molecule has 0 atom stereocenters. The van der Waals surface area contributed by atoms with Gasteiger partial charge in [0, 0.05) is 45.4 Å². The van der Waals surface area contributed by atoms with Crippen molar-refractivity contribution in [2.75, 3.05) is 59.2 Å². The van der Waals surface area contributed by atoms with Crippen LogP contribution in [-0.2, 0) is 19.5 Å². The maximum atomic E-state index is 13.4. The highest BCUT2D eigenvalue weighted by atomic mass is 32.2. The minimum absolute atomic E-state index is 0.0173. The van der Waals surface area contributed by atoms with Crippen molar-refractivity contribution in [3.05, 3.63) is 24.3 Å². The topological polar surface area (TPSA) is 68.3 Å². The summed E-state index contributed by atoms with van der Waals surface area (Å²) in [7, 11) is -3.57. The molecule has 8 heteroatoms. The van der Waals surface area contributed by atoms with Gasteiger partial charge >= 0.3 is 0 Å². The maximum Gasteiger partial charge on any atom is 0.243 e. The third-order valence-electron chi connectivity index (χ3n) is 5.08. The standard InChI is InChI=1S/C19H30N2O5S/c1-2-26-18-3-5-19(6-4-18)27(22,23)21(17-7-13-24-14-8-17)10-9-20-11-15-25-16-12-20/h3-6,17H,2,7-16H2,1H3. The van der Waals surface area contributed by atoms with E-state index in [1.54, 1.807) is 28.6 Å². The van der Waals surface area contributed by atoms with Crippen molar-refractivity contribution in [1.29, 1.82) is 0 Å². The van der Waals surface area contributed by atoms with Gasteiger partial charge < -0.3 is 14.2 Å². The molecule has 0 aromatic heterocycles. The van der Waals surface area contributed by atoms with Crippen molar-refractivity contribution in [2.45, 2.75) is 30.7 Å². The summed E-state index contributed by atoms with van der Waals surface area (Å²) in [5.74, 6) is 0.683. The Kier molecular flexibility index (Phi) is 7.49. The van der Waals surface area contributed by atoms with E-state index in [9.17, 15) is 8.42 Å². The van der Waals surface area contributed by atoms with Crippen LogP contribution in [0.1, 0.15) is 19.8 Å². The summed E-state index contributed by atoms with van der Waals surface area (Å²) in [4.78, 5) is 2.59. The number of rotatable bonds is 8. The lowest BCUT2D eigenvalue weighted by Crippen LogP contribution is -2.48. The van der Waals surface area contributed by atoms with Crippen LogP contribution in [0, 0.1) is 0 Å². The van der Waals surface area contributed by atoms with Gasteiger partial charge in [-0.3, -0.25) is 4.90 Å². The number of hydrogen-bond acceptors (Lipinski definition) is 6. The molecule has 7 nitrogen and oxygen atoms in total. The van der Waals surface area contributed by atoms with Gasteiger partial charge in [0.15, 0.2) is 0 Å². The van der Waals surface area contributed by atoms with Crippen molar-refractivity contribution >= 4 is 10.0 Å². The SMILES string of the molecule is CCOc1ccc(S(=O)(=O)N(CCN2CCOCC2)C2CCOCC2)cc1. The lowest BCUT2D eigenvalue weighted by atomic mass is 10.1. The summed E-state index contributed by atoms with van der Waals surface area (Å²) in [6.45, 7) is 8.01. The van der Waals surface area contributed by atoms with E-state index < -0.39 is 10.0 Å². The summed E-state index contributed by atoms with van der Waals surface area (Å²) < 4.78 is 44.7. The van der Waals surface area contributed by atoms with E-state index in [0.29, 0.717) is 50.2 Å². The molecular formula is C19H30N2O5S. The highest BCUT2D eigenvalue weighted by Crippen LogP contribution is 2.25. The van der Waals surface area contributed by atoms with E-state index in [0.717, 1.165) is 32.5 Å². The van der Waals surface area contributed by atoms with Gasteiger partial charge in [-0.2, -0.15) is 4.31 Å². The van der Waals surface area contributed by atoms with Crippen LogP contribution in [0.5, 0.6) is 5.75 Å². The molecule has 2 saturated heterocycles. The van der Waals surface area contributed by atoms with E-state index in [1.165, 1.54) is 0 Å². The van der Waals surface area contributed by atoms with E-state index in [4.69, 9.17) is 14.2 Å². The number of nitrogens with zero attached hydrogens (tertiary/aromatic N) is 2. The fraction of sp³-hybridized carbons (Fsp3) is 0.684. The average Bonchev–Trinajstić information content (AvgIpc) is 2.70. The maximum absolute atomic E-state index is 13.4. The largest absolute Gasteiger partial charge is 0.494 e. The van der Waals surface area contributed by atoms with Gasteiger partial charge in [-0.05, 0) is 44.0 Å². The van der Waals surface area contributed by atoms with Gasteiger partial charge in [0.25, 0.3) is 0 Å². The third kappa shape index (κ3) is 5.42. The highest BCUT2D eigenvalue weighted by molar-refractivity contribution is 7.89. The average molecular weight is 399 g/mol. The Morgan fingerprint density at radius 2 is 1.70 bits per heavy atom. The van der Waals surface area contributed by atoms with E-state index in [1.807, 2.05) is 6.92 Å². The van der Waals surface area contributed by atoms with Crippen LogP contribution in [0.4, 0.5) is 0 Å². The Morgan fingerprint density at radius 1 is 1.07 bits per heavy atom. The first-order valence-electron chi connectivity index (χ1n) is 9.74. The fourth-order valence-corrected chi connectivity index (χ4v) is 5.22. The van der Waals surface area contributed by atoms with Gasteiger partial charge in [0.2, 0.25) is 10.0 Å². The molecule has 3 rings (SSSR count). The first kappa shape index (κ1) is 20.5. The normalized spacial score (nSPS) is 20.1. The molecule has 1 aromatic rings. The van der Waals surface area contributed by atoms with Crippen LogP contribution < -0.4 is 4.74 Å². The second kappa shape index (κ2) is 9.84. The predicted octanol–water partition coefficient (Wildman–Crippen LogP) is 1.59. The molecule has 0 saturated carbocycles. The molecule has 0 amide bonds. The van der Waals surface area contributed by atoms with E-state index >= 15 is 0 Å². The summed E-state index contributed by atoms with van der Waals surface area (Å²) in [6.07, 6.45) is 1.47. The predicted molar refractivity (Wildman–Crippen MR) is 103 cm³/mol. The first-order valence-corrected chi connectivity index (χ1v) is 11.2. The van der Waals surface area contributed by atoms with Crippen LogP contribution in [-0.4, -0.2) is 82.9 Å². The molecule has 152 valence electrons. The Balaban J connectivity index is 1.76. The van der Waals surface area contributed by atoms with Gasteiger partial charge in [0.1, 0.15) is 5.75 Å². The molecule has 2 fully saturated rings. The molecule has 1 aromatic carbocycles. The Morgan fingerprint density at radius 3 is 2.33 bits per heavy atom. The monoisotopic (exact) mass is 398 g/mol. The smallest absolute Gasteiger partial charge is 0.243 e. The van der Waals surface area contributed by atoms with Crippen LogP contribution in [0.25, 0.3) is 0 Å². The van der Waals surface area contributed by atoms with E-state index in [-0.39, 0.29) is 6.04 Å². The van der Waals surface area contributed by atoms with Gasteiger partial charge in [-0.1, -0.05) is 0 Å². The fourth-order valence-electron chi connectivity index (χ4n) is 3.55. The van der Waals surface area contributed by atoms with Crippen molar-refractivity contribution in [3.8, 4) is 5.75 Å². The number of hydrogen-bond donors (Lipinski definition) is 0. The van der Waals surface area contributed by atoms with Crippen LogP contribution in [0.3, 0.4) is 0 Å². The molecule has 0 bridgehead atoms. The summed E-state index contributed by atoms with van der Waals surface area (Å²) in [5, 5.41) is 0. The van der Waals surface area contributed by atoms with Crippen molar-refractivity contribution in [1.82, 2.24) is 9.21 Å². The summed E-state index contributed by atoms with van der Waals surface area (Å²) in [5.41, 5.74) is 0. The van der Waals surface area contributed by atoms with Gasteiger partial charge in [-0.25, -0.2) is 8.42 Å². The zero-order chi connectivity index (χ0) is 19.1. The molecule has 0 unspecified atom stereocenters.